The van der Waals surface area contributed by atoms with Gasteiger partial charge in [0.15, 0.2) is 6.23 Å². The third-order valence-corrected chi connectivity index (χ3v) is 3.99. The van der Waals surface area contributed by atoms with E-state index >= 15 is 0 Å². The molecule has 9 heteroatoms. The van der Waals surface area contributed by atoms with Crippen molar-refractivity contribution in [3.8, 4) is 0 Å². The maximum absolute atomic E-state index is 11.9. The molecule has 0 aromatic heterocycles. The minimum atomic E-state index is -1.45. The van der Waals surface area contributed by atoms with Crippen LogP contribution in [0.3, 0.4) is 0 Å². The van der Waals surface area contributed by atoms with E-state index < -0.39 is 42.6 Å². The van der Waals surface area contributed by atoms with Crippen LogP contribution in [-0.4, -0.2) is 64.5 Å². The van der Waals surface area contributed by atoms with E-state index in [2.05, 4.69) is 10.6 Å². The first kappa shape index (κ1) is 20.1. The Morgan fingerprint density at radius 1 is 1.12 bits per heavy atom. The maximum Gasteiger partial charge on any atom is 0.407 e. The first-order chi connectivity index (χ1) is 12.4. The van der Waals surface area contributed by atoms with Gasteiger partial charge in [-0.2, -0.15) is 0 Å². The van der Waals surface area contributed by atoms with E-state index in [1.165, 1.54) is 6.92 Å². The molecule has 5 N–H and O–H groups in total. The highest BCUT2D eigenvalue weighted by molar-refractivity contribution is 5.77. The Labute approximate surface area is 150 Å². The quantitative estimate of drug-likeness (QED) is 0.445. The molecule has 0 radical (unpaired) electrons. The normalized spacial score (nSPS) is 28.2. The van der Waals surface area contributed by atoms with Crippen molar-refractivity contribution in [1.29, 1.82) is 0 Å². The van der Waals surface area contributed by atoms with Crippen molar-refractivity contribution in [3.05, 3.63) is 35.9 Å². The molecule has 26 heavy (non-hydrogen) atoms. The number of alkyl carbamates (subject to hydrolysis) is 1. The lowest BCUT2D eigenvalue weighted by molar-refractivity contribution is -0.224. The number of carbonyl (C=O) groups excluding carboxylic acids is 2. The van der Waals surface area contributed by atoms with Gasteiger partial charge in [0.05, 0.1) is 6.10 Å². The fourth-order valence-corrected chi connectivity index (χ4v) is 2.45. The standard InChI is InChI=1S/C17H24N2O7/c1-10-13(21)14(22)15(23)16(26-10)19-12(20)7-8-18-17(24)25-9-11-5-3-2-4-6-11/h2-6,10,13-16,21-23H,7-9H2,1H3,(H,18,24)(H,19,20)/t10-,13+,14+,15-,16-/m0/s1. The molecule has 2 rings (SSSR count). The molecule has 0 bridgehead atoms. The van der Waals surface area contributed by atoms with E-state index in [1.54, 1.807) is 0 Å². The van der Waals surface area contributed by atoms with Crippen molar-refractivity contribution in [3.63, 3.8) is 0 Å². The summed E-state index contributed by atoms with van der Waals surface area (Å²) >= 11 is 0. The monoisotopic (exact) mass is 368 g/mol. The molecule has 1 aliphatic rings. The molecule has 1 heterocycles. The summed E-state index contributed by atoms with van der Waals surface area (Å²) in [6.45, 7) is 1.67. The smallest absolute Gasteiger partial charge is 0.407 e. The Bertz CT molecular complexity index is 598. The molecule has 2 amide bonds. The van der Waals surface area contributed by atoms with Gasteiger partial charge < -0.3 is 35.4 Å². The molecule has 1 aliphatic heterocycles. The first-order valence-electron chi connectivity index (χ1n) is 8.32. The van der Waals surface area contributed by atoms with Gasteiger partial charge in [-0.3, -0.25) is 4.79 Å². The van der Waals surface area contributed by atoms with Crippen LogP contribution < -0.4 is 10.6 Å². The first-order valence-corrected chi connectivity index (χ1v) is 8.32. The Kier molecular flexibility index (Phi) is 7.34. The lowest BCUT2D eigenvalue weighted by Gasteiger charge is -2.39. The van der Waals surface area contributed by atoms with Crippen molar-refractivity contribution in [2.24, 2.45) is 0 Å². The van der Waals surface area contributed by atoms with Crippen molar-refractivity contribution in [2.45, 2.75) is 50.6 Å². The van der Waals surface area contributed by atoms with Crippen LogP contribution >= 0.6 is 0 Å². The molecule has 5 atom stereocenters. The third-order valence-electron chi connectivity index (χ3n) is 3.99. The molecule has 0 saturated carbocycles. The van der Waals surface area contributed by atoms with Crippen LogP contribution in [0, 0.1) is 0 Å². The van der Waals surface area contributed by atoms with Crippen molar-refractivity contribution >= 4 is 12.0 Å². The van der Waals surface area contributed by atoms with Crippen molar-refractivity contribution in [2.75, 3.05) is 6.54 Å². The van der Waals surface area contributed by atoms with Gasteiger partial charge in [-0.1, -0.05) is 30.3 Å². The lowest BCUT2D eigenvalue weighted by atomic mass is 9.99. The average molecular weight is 368 g/mol. The van der Waals surface area contributed by atoms with E-state index in [0.717, 1.165) is 5.56 Å². The lowest BCUT2D eigenvalue weighted by Crippen LogP contribution is -2.61. The van der Waals surface area contributed by atoms with Crippen molar-refractivity contribution < 1.29 is 34.4 Å². The number of ether oxygens (including phenoxy) is 2. The summed E-state index contributed by atoms with van der Waals surface area (Å²) in [6.07, 6.45) is -6.71. The van der Waals surface area contributed by atoms with Crippen LogP contribution in [0.1, 0.15) is 18.9 Å². The fraction of sp³-hybridized carbons (Fsp3) is 0.529. The van der Waals surface area contributed by atoms with Gasteiger partial charge in [0.2, 0.25) is 5.91 Å². The summed E-state index contributed by atoms with van der Waals surface area (Å²) in [7, 11) is 0. The van der Waals surface area contributed by atoms with Gasteiger partial charge in [0.1, 0.15) is 24.9 Å². The van der Waals surface area contributed by atoms with E-state index in [9.17, 15) is 24.9 Å². The highest BCUT2D eigenvalue weighted by atomic mass is 16.6. The molecule has 1 aromatic carbocycles. The summed E-state index contributed by atoms with van der Waals surface area (Å²) in [5, 5.41) is 34.0. The van der Waals surface area contributed by atoms with Crippen LogP contribution in [0.25, 0.3) is 0 Å². The molecule has 0 aliphatic carbocycles. The van der Waals surface area contributed by atoms with Gasteiger partial charge in [-0.25, -0.2) is 4.79 Å². The number of nitrogens with one attached hydrogen (secondary N) is 2. The molecule has 144 valence electrons. The molecular weight excluding hydrogens is 344 g/mol. The predicted octanol–water partition coefficient (Wildman–Crippen LogP) is -0.753. The molecule has 1 saturated heterocycles. The Morgan fingerprint density at radius 2 is 1.81 bits per heavy atom. The molecule has 1 aromatic rings. The second-order valence-electron chi connectivity index (χ2n) is 6.04. The van der Waals surface area contributed by atoms with E-state index in [0.29, 0.717) is 0 Å². The van der Waals surface area contributed by atoms with Gasteiger partial charge in [0.25, 0.3) is 0 Å². The highest BCUT2D eigenvalue weighted by Crippen LogP contribution is 2.19. The zero-order valence-electron chi connectivity index (χ0n) is 14.4. The number of carbonyl (C=O) groups is 2. The summed E-state index contributed by atoms with van der Waals surface area (Å²) < 4.78 is 10.3. The van der Waals surface area contributed by atoms with Gasteiger partial charge in [-0.15, -0.1) is 0 Å². The number of hydrogen-bond donors (Lipinski definition) is 5. The van der Waals surface area contributed by atoms with Crippen LogP contribution in [0.2, 0.25) is 0 Å². The van der Waals surface area contributed by atoms with Crippen LogP contribution in [0.4, 0.5) is 4.79 Å². The zero-order valence-corrected chi connectivity index (χ0v) is 14.4. The Morgan fingerprint density at radius 3 is 2.50 bits per heavy atom. The minimum absolute atomic E-state index is 0.0308. The second kappa shape index (κ2) is 9.48. The highest BCUT2D eigenvalue weighted by Gasteiger charge is 2.42. The largest absolute Gasteiger partial charge is 0.445 e. The molecule has 0 spiro atoms. The SMILES string of the molecule is C[C@@H]1O[C@H](NC(=O)CCNC(=O)OCc2ccccc2)[C@@H](O)[C@H](O)[C@@H]1O. The summed E-state index contributed by atoms with van der Waals surface area (Å²) in [5.41, 5.74) is 0.846. The van der Waals surface area contributed by atoms with E-state index in [1.807, 2.05) is 30.3 Å². The van der Waals surface area contributed by atoms with Crippen LogP contribution in [0.5, 0.6) is 0 Å². The number of aliphatic hydroxyl groups excluding tert-OH is 3. The van der Waals surface area contributed by atoms with E-state index in [4.69, 9.17) is 9.47 Å². The van der Waals surface area contributed by atoms with Gasteiger partial charge >= 0.3 is 6.09 Å². The molecule has 9 nitrogen and oxygen atoms in total. The Hall–Kier alpha value is -2.20. The second-order valence-corrected chi connectivity index (χ2v) is 6.04. The summed E-state index contributed by atoms with van der Waals surface area (Å²) in [6, 6.07) is 9.17. The molecule has 0 unspecified atom stereocenters. The molecule has 1 fully saturated rings. The number of amides is 2. The van der Waals surface area contributed by atoms with Gasteiger partial charge in [-0.05, 0) is 12.5 Å². The molecular formula is C17H24N2O7. The minimum Gasteiger partial charge on any atom is -0.445 e. The topological polar surface area (TPSA) is 137 Å². The predicted molar refractivity (Wildman–Crippen MR) is 89.7 cm³/mol. The van der Waals surface area contributed by atoms with Gasteiger partial charge in [0, 0.05) is 13.0 Å². The van der Waals surface area contributed by atoms with E-state index in [-0.39, 0.29) is 19.6 Å². The summed E-state index contributed by atoms with van der Waals surface area (Å²) in [5.74, 6) is -0.492. The zero-order chi connectivity index (χ0) is 19.1. The number of rotatable bonds is 6. The fourth-order valence-electron chi connectivity index (χ4n) is 2.45. The number of hydrogen-bond acceptors (Lipinski definition) is 7. The summed E-state index contributed by atoms with van der Waals surface area (Å²) in [4.78, 5) is 23.4. The van der Waals surface area contributed by atoms with Crippen LogP contribution in [0.15, 0.2) is 30.3 Å². The third kappa shape index (κ3) is 5.67. The average Bonchev–Trinajstić information content (AvgIpc) is 2.63. The van der Waals surface area contributed by atoms with Crippen LogP contribution in [-0.2, 0) is 20.9 Å². The van der Waals surface area contributed by atoms with Crippen molar-refractivity contribution in [1.82, 2.24) is 10.6 Å². The number of benzene rings is 1. The Balaban J connectivity index is 1.66. The maximum atomic E-state index is 11.9. The number of aliphatic hydroxyl groups is 3.